The fraction of sp³-hybridized carbons (Fsp3) is 0.605. The molecular weight excluding hydrogens is 580 g/mol. The highest BCUT2D eigenvalue weighted by molar-refractivity contribution is 6.02. The molecule has 3 rings (SSSR count). The van der Waals surface area contributed by atoms with Gasteiger partial charge < -0.3 is 10.2 Å². The van der Waals surface area contributed by atoms with Crippen molar-refractivity contribution >= 4 is 17.8 Å². The van der Waals surface area contributed by atoms with Crippen molar-refractivity contribution in [1.29, 1.82) is 0 Å². The van der Waals surface area contributed by atoms with Crippen LogP contribution < -0.4 is 5.32 Å². The number of halogens is 2. The summed E-state index contributed by atoms with van der Waals surface area (Å²) in [4.78, 5) is 18.1. The first-order chi connectivity index (χ1) is 21.8. The molecule has 6 nitrogen and oxygen atoms in total. The first kappa shape index (κ1) is 37.3. The fourth-order valence-electron chi connectivity index (χ4n) is 6.55. The fourth-order valence-corrected chi connectivity index (χ4v) is 6.55. The van der Waals surface area contributed by atoms with Crippen LogP contribution in [0.2, 0.25) is 0 Å². The Labute approximate surface area is 276 Å². The molecule has 1 saturated heterocycles. The summed E-state index contributed by atoms with van der Waals surface area (Å²) in [7, 11) is 0. The van der Waals surface area contributed by atoms with E-state index in [1.54, 1.807) is 6.21 Å². The van der Waals surface area contributed by atoms with Gasteiger partial charge >= 0.3 is 0 Å². The van der Waals surface area contributed by atoms with E-state index in [-0.39, 0.29) is 24.2 Å². The minimum atomic E-state index is -2.58. The molecule has 0 radical (unpaired) electrons. The van der Waals surface area contributed by atoms with Crippen LogP contribution in [0.15, 0.2) is 80.8 Å². The molecule has 3 aliphatic rings. The third-order valence-electron chi connectivity index (χ3n) is 9.78. The van der Waals surface area contributed by atoms with E-state index in [2.05, 4.69) is 73.4 Å². The van der Waals surface area contributed by atoms with Crippen molar-refractivity contribution in [2.75, 3.05) is 32.7 Å². The number of nitrogens with zero attached hydrogens (tertiary/aromatic N) is 4. The molecule has 0 atom stereocenters. The maximum atomic E-state index is 14.2. The summed E-state index contributed by atoms with van der Waals surface area (Å²) in [6, 6.07) is 0. The number of carbonyl (C=O) groups is 1. The van der Waals surface area contributed by atoms with Crippen LogP contribution in [0, 0.1) is 11.3 Å². The van der Waals surface area contributed by atoms with E-state index in [1.165, 1.54) is 0 Å². The summed E-state index contributed by atoms with van der Waals surface area (Å²) < 4.78 is 27.5. The molecule has 0 bridgehead atoms. The SMILES string of the molecule is C=C(/C=C(\C=C(/C)N1CC(C(=C)C2CC2)=C(/C=C(\C)CN2CCC(F)(F)CC2)C1=O)C(CC)(CC)C/C(CC)=N/N=C\C)NCC. The van der Waals surface area contributed by atoms with Crippen molar-refractivity contribution in [3.05, 3.63) is 70.6 Å². The summed E-state index contributed by atoms with van der Waals surface area (Å²) in [5.74, 6) is -2.19. The molecule has 46 heavy (non-hydrogen) atoms. The van der Waals surface area contributed by atoms with Crippen LogP contribution in [0.3, 0.4) is 0 Å². The molecular formula is C38H57F2N5O. The summed E-state index contributed by atoms with van der Waals surface area (Å²) >= 11 is 0. The van der Waals surface area contributed by atoms with Gasteiger partial charge in [-0.05, 0) is 107 Å². The number of likely N-dealkylation sites (tertiary alicyclic amines) is 1. The number of hydrogen-bond acceptors (Lipinski definition) is 5. The number of carbonyl (C=O) groups excluding carboxylic acids is 1. The van der Waals surface area contributed by atoms with E-state index in [9.17, 15) is 13.6 Å². The largest absolute Gasteiger partial charge is 0.386 e. The summed E-state index contributed by atoms with van der Waals surface area (Å²) in [5.41, 5.74) is 7.36. The van der Waals surface area contributed by atoms with Gasteiger partial charge in [-0.1, -0.05) is 39.5 Å². The van der Waals surface area contributed by atoms with E-state index in [1.807, 2.05) is 31.7 Å². The standard InChI is InChI=1S/C38H57F2N5O/c1-10-33(43-42-14-5)24-37(11-2,12-3)32(22-28(7)41-13-4)23-29(8)45-26-35(30(9)31-15-16-31)34(36(45)46)21-27(6)25-44-19-17-38(39,40)18-20-44/h14,21-23,31,41H,7,9-13,15-20,24-26H2,1-6,8H3/b27-21+,29-23+,32-22+,42-14-,43-33+. The molecule has 1 N–H and O–H groups in total. The van der Waals surface area contributed by atoms with Gasteiger partial charge in [-0.25, -0.2) is 8.78 Å². The Morgan fingerprint density at radius 1 is 1.09 bits per heavy atom. The Morgan fingerprint density at radius 2 is 1.74 bits per heavy atom. The molecule has 0 aromatic heterocycles. The van der Waals surface area contributed by atoms with E-state index in [0.717, 1.165) is 84.5 Å². The second-order valence-electron chi connectivity index (χ2n) is 13.2. The molecule has 0 spiro atoms. The zero-order valence-corrected chi connectivity index (χ0v) is 29.4. The first-order valence-corrected chi connectivity index (χ1v) is 17.2. The molecule has 0 unspecified atom stereocenters. The molecule has 0 aromatic carbocycles. The van der Waals surface area contributed by atoms with E-state index in [4.69, 9.17) is 0 Å². The van der Waals surface area contributed by atoms with E-state index >= 15 is 0 Å². The highest BCUT2D eigenvalue weighted by atomic mass is 19.3. The van der Waals surface area contributed by atoms with Gasteiger partial charge in [0.1, 0.15) is 0 Å². The number of rotatable bonds is 17. The third kappa shape index (κ3) is 9.69. The van der Waals surface area contributed by atoms with Gasteiger partial charge in [0, 0.05) is 73.3 Å². The van der Waals surface area contributed by atoms with E-state index in [0.29, 0.717) is 37.7 Å². The van der Waals surface area contributed by atoms with Gasteiger partial charge in [0.2, 0.25) is 0 Å². The molecule has 1 aliphatic carbocycles. The number of likely N-dealkylation sites (N-methyl/N-ethyl adjacent to an activating group) is 1. The molecule has 1 saturated carbocycles. The van der Waals surface area contributed by atoms with E-state index < -0.39 is 5.92 Å². The van der Waals surface area contributed by atoms with Crippen LogP contribution in [0.1, 0.15) is 99.8 Å². The predicted octanol–water partition coefficient (Wildman–Crippen LogP) is 8.78. The predicted molar refractivity (Wildman–Crippen MR) is 189 cm³/mol. The smallest absolute Gasteiger partial charge is 0.258 e. The number of piperidine rings is 1. The van der Waals surface area contributed by atoms with Crippen LogP contribution in [-0.2, 0) is 4.79 Å². The highest BCUT2D eigenvalue weighted by Crippen LogP contribution is 2.44. The highest BCUT2D eigenvalue weighted by Gasteiger charge is 2.38. The Hall–Kier alpha value is -3.13. The molecule has 8 heteroatoms. The van der Waals surface area contributed by atoms with Crippen LogP contribution in [-0.4, -0.2) is 66.3 Å². The average Bonchev–Trinajstić information content (AvgIpc) is 3.82. The number of allylic oxidation sites excluding steroid dienone is 4. The maximum Gasteiger partial charge on any atom is 0.258 e. The quantitative estimate of drug-likeness (QED) is 0.0986. The van der Waals surface area contributed by atoms with Crippen LogP contribution in [0.4, 0.5) is 8.78 Å². The minimum Gasteiger partial charge on any atom is -0.386 e. The lowest BCUT2D eigenvalue weighted by Gasteiger charge is -2.35. The van der Waals surface area contributed by atoms with Crippen molar-refractivity contribution in [3.63, 3.8) is 0 Å². The van der Waals surface area contributed by atoms with Crippen molar-refractivity contribution in [1.82, 2.24) is 15.1 Å². The van der Waals surface area contributed by atoms with Crippen LogP contribution >= 0.6 is 0 Å². The second-order valence-corrected chi connectivity index (χ2v) is 13.2. The lowest BCUT2D eigenvalue weighted by molar-refractivity contribution is -0.123. The molecule has 2 fully saturated rings. The molecule has 254 valence electrons. The second kappa shape index (κ2) is 16.6. The third-order valence-corrected chi connectivity index (χ3v) is 9.78. The normalized spacial score (nSPS) is 20.7. The van der Waals surface area contributed by atoms with Crippen molar-refractivity contribution in [3.8, 4) is 0 Å². The average molecular weight is 638 g/mol. The van der Waals surface area contributed by atoms with Gasteiger partial charge in [0.15, 0.2) is 0 Å². The Morgan fingerprint density at radius 3 is 2.28 bits per heavy atom. The zero-order chi connectivity index (χ0) is 34.1. The molecule has 2 heterocycles. The van der Waals surface area contributed by atoms with Gasteiger partial charge in [-0.3, -0.25) is 9.69 Å². The van der Waals surface area contributed by atoms with Crippen molar-refractivity contribution in [2.45, 2.75) is 106 Å². The van der Waals surface area contributed by atoms with Gasteiger partial charge in [-0.2, -0.15) is 10.2 Å². The summed E-state index contributed by atoms with van der Waals surface area (Å²) in [6.45, 7) is 25.7. The van der Waals surface area contributed by atoms with Crippen molar-refractivity contribution in [2.24, 2.45) is 21.5 Å². The number of hydrogen-bond donors (Lipinski definition) is 1. The monoisotopic (exact) mass is 637 g/mol. The summed E-state index contributed by atoms with van der Waals surface area (Å²) in [6.07, 6.45) is 13.3. The van der Waals surface area contributed by atoms with Gasteiger partial charge in [-0.15, -0.1) is 0 Å². The van der Waals surface area contributed by atoms with Crippen LogP contribution in [0.25, 0.3) is 0 Å². The Balaban J connectivity index is 1.99. The molecule has 0 aromatic rings. The Kier molecular flexibility index (Phi) is 13.5. The lowest BCUT2D eigenvalue weighted by atomic mass is 9.70. The first-order valence-electron chi connectivity index (χ1n) is 17.2. The number of nitrogens with one attached hydrogen (secondary N) is 1. The minimum absolute atomic E-state index is 0.0355. The summed E-state index contributed by atoms with van der Waals surface area (Å²) in [5, 5.41) is 12.1. The van der Waals surface area contributed by atoms with Crippen LogP contribution in [0.5, 0.6) is 0 Å². The van der Waals surface area contributed by atoms with Crippen molar-refractivity contribution < 1.29 is 13.6 Å². The molecule has 2 aliphatic heterocycles. The zero-order valence-electron chi connectivity index (χ0n) is 29.4. The number of alkyl halides is 2. The molecule has 1 amide bonds. The number of amides is 1. The topological polar surface area (TPSA) is 60.3 Å². The maximum absolute atomic E-state index is 14.2. The lowest BCUT2D eigenvalue weighted by Crippen LogP contribution is -2.40. The Bertz CT molecular complexity index is 1310. The van der Waals surface area contributed by atoms with Gasteiger partial charge in [0.25, 0.3) is 11.8 Å². The van der Waals surface area contributed by atoms with Gasteiger partial charge in [0.05, 0.1) is 6.54 Å².